The predicted octanol–water partition coefficient (Wildman–Crippen LogP) is 0.0340. The van der Waals surface area contributed by atoms with E-state index in [4.69, 9.17) is 10.8 Å². The summed E-state index contributed by atoms with van der Waals surface area (Å²) in [6.45, 7) is 4.93. The molecule has 0 aliphatic carbocycles. The van der Waals surface area contributed by atoms with Crippen LogP contribution in [0.25, 0.3) is 0 Å². The number of nitrogens with one attached hydrogen (secondary N) is 1. The Bertz CT molecular complexity index is 139. The lowest BCUT2D eigenvalue weighted by Gasteiger charge is -2.19. The second-order valence-corrected chi connectivity index (χ2v) is 2.94. The topological polar surface area (TPSA) is 75.3 Å². The third-order valence-corrected chi connectivity index (χ3v) is 1.99. The minimum Gasteiger partial charge on any atom is -0.480 e. The number of hydrogen-bond donors (Lipinski definition) is 3. The molecule has 4 heteroatoms. The second kappa shape index (κ2) is 5.97. The Kier molecular flexibility index (Phi) is 5.66. The Morgan fingerprint density at radius 3 is 2.58 bits per heavy atom. The maximum atomic E-state index is 10.7. The third kappa shape index (κ3) is 3.69. The van der Waals surface area contributed by atoms with Crippen molar-refractivity contribution in [1.82, 2.24) is 5.32 Å². The summed E-state index contributed by atoms with van der Waals surface area (Å²) in [4.78, 5) is 10.7. The van der Waals surface area contributed by atoms with Crippen molar-refractivity contribution < 1.29 is 9.90 Å². The van der Waals surface area contributed by atoms with Crippen molar-refractivity contribution in [1.29, 1.82) is 0 Å². The van der Waals surface area contributed by atoms with E-state index in [1.807, 2.05) is 13.8 Å². The van der Waals surface area contributed by atoms with Crippen LogP contribution < -0.4 is 11.1 Å². The van der Waals surface area contributed by atoms with Gasteiger partial charge in [-0.25, -0.2) is 0 Å². The highest BCUT2D eigenvalue weighted by molar-refractivity contribution is 5.73. The average Bonchev–Trinajstić information content (AvgIpc) is 2.04. The Hall–Kier alpha value is -0.610. The molecular formula is C8H18N2O2. The van der Waals surface area contributed by atoms with E-state index in [1.165, 1.54) is 0 Å². The Morgan fingerprint density at radius 1 is 1.67 bits per heavy atom. The first-order valence-corrected chi connectivity index (χ1v) is 4.29. The molecule has 0 rings (SSSR count). The maximum Gasteiger partial charge on any atom is 0.320 e. The van der Waals surface area contributed by atoms with E-state index in [9.17, 15) is 4.79 Å². The summed E-state index contributed by atoms with van der Waals surface area (Å²) in [5, 5.41) is 11.7. The van der Waals surface area contributed by atoms with E-state index < -0.39 is 12.0 Å². The fraction of sp³-hybridized carbons (Fsp3) is 0.875. The quantitative estimate of drug-likeness (QED) is 0.531. The number of carboxylic acids is 1. The normalized spacial score (nSPS) is 15.6. The van der Waals surface area contributed by atoms with Gasteiger partial charge >= 0.3 is 5.97 Å². The van der Waals surface area contributed by atoms with Crippen molar-refractivity contribution >= 4 is 5.97 Å². The summed E-state index contributed by atoms with van der Waals surface area (Å²) in [6, 6.07) is -0.460. The molecule has 12 heavy (non-hydrogen) atoms. The van der Waals surface area contributed by atoms with Crippen LogP contribution in [0.1, 0.15) is 20.3 Å². The number of aliphatic carboxylic acids is 1. The molecule has 0 fully saturated rings. The first-order chi connectivity index (χ1) is 5.63. The zero-order valence-electron chi connectivity index (χ0n) is 7.71. The average molecular weight is 174 g/mol. The van der Waals surface area contributed by atoms with Crippen LogP contribution in [0.4, 0.5) is 0 Å². The molecule has 0 aliphatic heterocycles. The molecule has 0 aromatic rings. The number of carboxylic acid groups (broad SMARTS) is 1. The molecule has 4 N–H and O–H groups in total. The zero-order valence-corrected chi connectivity index (χ0v) is 7.71. The van der Waals surface area contributed by atoms with E-state index in [1.54, 1.807) is 0 Å². The van der Waals surface area contributed by atoms with Crippen LogP contribution >= 0.6 is 0 Å². The van der Waals surface area contributed by atoms with E-state index in [-0.39, 0.29) is 5.92 Å². The van der Waals surface area contributed by atoms with E-state index in [0.717, 1.165) is 6.42 Å². The summed E-state index contributed by atoms with van der Waals surface area (Å²) < 4.78 is 0. The van der Waals surface area contributed by atoms with E-state index in [2.05, 4.69) is 5.32 Å². The molecule has 0 saturated carbocycles. The van der Waals surface area contributed by atoms with E-state index in [0.29, 0.717) is 13.1 Å². The molecule has 0 saturated heterocycles. The first-order valence-electron chi connectivity index (χ1n) is 4.29. The van der Waals surface area contributed by atoms with Crippen LogP contribution in [0.3, 0.4) is 0 Å². The van der Waals surface area contributed by atoms with Crippen molar-refractivity contribution in [3.63, 3.8) is 0 Å². The largest absolute Gasteiger partial charge is 0.480 e. The lowest BCUT2D eigenvalue weighted by Crippen LogP contribution is -2.43. The van der Waals surface area contributed by atoms with Crippen LogP contribution in [0, 0.1) is 5.92 Å². The smallest absolute Gasteiger partial charge is 0.320 e. The first kappa shape index (κ1) is 11.4. The Labute approximate surface area is 73.1 Å². The fourth-order valence-electron chi connectivity index (χ4n) is 1.01. The summed E-state index contributed by atoms with van der Waals surface area (Å²) >= 11 is 0. The highest BCUT2D eigenvalue weighted by Gasteiger charge is 2.21. The van der Waals surface area contributed by atoms with Gasteiger partial charge in [-0.1, -0.05) is 20.3 Å². The van der Waals surface area contributed by atoms with Gasteiger partial charge in [0.1, 0.15) is 6.04 Å². The molecular weight excluding hydrogens is 156 g/mol. The molecule has 0 aromatic carbocycles. The minimum absolute atomic E-state index is 0.147. The van der Waals surface area contributed by atoms with Crippen LogP contribution in [-0.2, 0) is 4.79 Å². The van der Waals surface area contributed by atoms with Gasteiger partial charge in [-0.3, -0.25) is 4.79 Å². The van der Waals surface area contributed by atoms with Gasteiger partial charge in [-0.2, -0.15) is 0 Å². The van der Waals surface area contributed by atoms with Gasteiger partial charge in [0.2, 0.25) is 0 Å². The Balaban J connectivity index is 3.94. The molecule has 0 spiro atoms. The van der Waals surface area contributed by atoms with Crippen LogP contribution in [0.5, 0.6) is 0 Å². The van der Waals surface area contributed by atoms with Crippen LogP contribution in [0.2, 0.25) is 0 Å². The van der Waals surface area contributed by atoms with Crippen molar-refractivity contribution in [3.05, 3.63) is 0 Å². The van der Waals surface area contributed by atoms with Crippen LogP contribution in [-0.4, -0.2) is 30.2 Å². The lowest BCUT2D eigenvalue weighted by molar-refractivity contribution is -0.140. The van der Waals surface area contributed by atoms with Crippen molar-refractivity contribution in [2.24, 2.45) is 11.7 Å². The van der Waals surface area contributed by atoms with Gasteiger partial charge < -0.3 is 16.2 Å². The van der Waals surface area contributed by atoms with Gasteiger partial charge in [0.15, 0.2) is 0 Å². The zero-order chi connectivity index (χ0) is 9.56. The Morgan fingerprint density at radius 2 is 2.25 bits per heavy atom. The number of nitrogens with two attached hydrogens (primary N) is 1. The molecule has 0 aliphatic rings. The maximum absolute atomic E-state index is 10.7. The minimum atomic E-state index is -0.794. The van der Waals surface area contributed by atoms with Gasteiger partial charge in [0.25, 0.3) is 0 Å². The van der Waals surface area contributed by atoms with Gasteiger partial charge in [-0.15, -0.1) is 0 Å². The molecule has 0 amide bonds. The van der Waals surface area contributed by atoms with E-state index >= 15 is 0 Å². The number of carbonyl (C=O) groups is 1. The van der Waals surface area contributed by atoms with Crippen LogP contribution in [0.15, 0.2) is 0 Å². The molecule has 4 nitrogen and oxygen atoms in total. The molecule has 0 unspecified atom stereocenters. The SMILES string of the molecule is CC[C@H](C)[C@H](NCCN)C(=O)O. The fourth-order valence-corrected chi connectivity index (χ4v) is 1.01. The highest BCUT2D eigenvalue weighted by Crippen LogP contribution is 2.07. The monoisotopic (exact) mass is 174 g/mol. The summed E-state index contributed by atoms with van der Waals surface area (Å²) in [6.07, 6.45) is 0.856. The predicted molar refractivity (Wildman–Crippen MR) is 47.9 cm³/mol. The molecule has 72 valence electrons. The molecule has 0 heterocycles. The third-order valence-electron chi connectivity index (χ3n) is 1.99. The summed E-state index contributed by atoms with van der Waals surface area (Å²) in [5.41, 5.74) is 5.26. The van der Waals surface area contributed by atoms with Gasteiger partial charge in [-0.05, 0) is 5.92 Å². The highest BCUT2D eigenvalue weighted by atomic mass is 16.4. The molecule has 0 bridgehead atoms. The number of hydrogen-bond acceptors (Lipinski definition) is 3. The van der Waals surface area contributed by atoms with Crippen molar-refractivity contribution in [2.45, 2.75) is 26.3 Å². The molecule has 2 atom stereocenters. The molecule has 0 aromatic heterocycles. The van der Waals surface area contributed by atoms with Gasteiger partial charge in [0.05, 0.1) is 0 Å². The second-order valence-electron chi connectivity index (χ2n) is 2.94. The lowest BCUT2D eigenvalue weighted by atomic mass is 9.99. The summed E-state index contributed by atoms with van der Waals surface area (Å²) in [7, 11) is 0. The molecule has 0 radical (unpaired) electrons. The standard InChI is InChI=1S/C8H18N2O2/c1-3-6(2)7(8(11)12)10-5-4-9/h6-7,10H,3-5,9H2,1-2H3,(H,11,12)/t6-,7-/m0/s1. The van der Waals surface area contributed by atoms with Crippen molar-refractivity contribution in [2.75, 3.05) is 13.1 Å². The summed E-state index contributed by atoms with van der Waals surface area (Å²) in [5.74, 6) is -0.646. The number of rotatable bonds is 6. The van der Waals surface area contributed by atoms with Crippen molar-refractivity contribution in [3.8, 4) is 0 Å². The van der Waals surface area contributed by atoms with Gasteiger partial charge in [0, 0.05) is 13.1 Å².